The molecule has 4 nitrogen and oxygen atoms in total. The molecule has 14 heavy (non-hydrogen) atoms. The van der Waals surface area contributed by atoms with Gasteiger partial charge < -0.3 is 9.47 Å². The summed E-state index contributed by atoms with van der Waals surface area (Å²) in [5.74, 6) is -0.423. The van der Waals surface area contributed by atoms with Crippen molar-refractivity contribution < 1.29 is 19.1 Å². The lowest BCUT2D eigenvalue weighted by Crippen LogP contribution is -2.06. The summed E-state index contributed by atoms with van der Waals surface area (Å²) in [4.78, 5) is 21.2. The normalized spacial score (nSPS) is 9.57. The second-order valence-electron chi connectivity index (χ2n) is 3.02. The van der Waals surface area contributed by atoms with Gasteiger partial charge in [-0.3, -0.25) is 9.59 Å². The summed E-state index contributed by atoms with van der Waals surface area (Å²) in [5, 5.41) is 0. The third-order valence-electron chi connectivity index (χ3n) is 1.56. The predicted octanol–water partition coefficient (Wildman–Crippen LogP) is 1.67. The number of rotatable bonds is 7. The van der Waals surface area contributed by atoms with Crippen molar-refractivity contribution in [3.05, 3.63) is 0 Å². The molecule has 0 unspecified atom stereocenters. The summed E-state index contributed by atoms with van der Waals surface area (Å²) in [6, 6.07) is 0. The Morgan fingerprint density at radius 1 is 1.07 bits per heavy atom. The van der Waals surface area contributed by atoms with Crippen LogP contribution >= 0.6 is 0 Å². The molecule has 0 saturated heterocycles. The minimum atomic E-state index is -0.270. The molecular weight excluding hydrogens is 184 g/mol. The average Bonchev–Trinajstić information content (AvgIpc) is 2.11. The Hall–Kier alpha value is -1.06. The highest BCUT2D eigenvalue weighted by molar-refractivity contribution is 5.69. The zero-order valence-electron chi connectivity index (χ0n) is 8.88. The van der Waals surface area contributed by atoms with E-state index in [0.29, 0.717) is 19.6 Å². The predicted molar refractivity (Wildman–Crippen MR) is 51.7 cm³/mol. The van der Waals surface area contributed by atoms with E-state index in [2.05, 4.69) is 0 Å². The van der Waals surface area contributed by atoms with Crippen LogP contribution in [0.5, 0.6) is 0 Å². The first-order valence-corrected chi connectivity index (χ1v) is 4.95. The van der Waals surface area contributed by atoms with Gasteiger partial charge in [-0.2, -0.15) is 0 Å². The Morgan fingerprint density at radius 3 is 2.14 bits per heavy atom. The van der Waals surface area contributed by atoms with Crippen LogP contribution in [0.3, 0.4) is 0 Å². The van der Waals surface area contributed by atoms with E-state index in [1.807, 2.05) is 6.92 Å². The molecule has 0 saturated carbocycles. The zero-order valence-corrected chi connectivity index (χ0v) is 8.88. The Morgan fingerprint density at radius 2 is 1.64 bits per heavy atom. The maximum atomic E-state index is 10.9. The fourth-order valence-corrected chi connectivity index (χ4v) is 0.882. The van der Waals surface area contributed by atoms with Crippen molar-refractivity contribution in [1.82, 2.24) is 0 Å². The summed E-state index contributed by atoms with van der Waals surface area (Å²) >= 11 is 0. The van der Waals surface area contributed by atoms with E-state index >= 15 is 0 Å². The molecule has 0 radical (unpaired) electrons. The summed E-state index contributed by atoms with van der Waals surface area (Å²) in [6.07, 6.45) is 2.76. The lowest BCUT2D eigenvalue weighted by Gasteiger charge is -2.03. The molecule has 0 aliphatic rings. The van der Waals surface area contributed by atoms with Crippen molar-refractivity contribution in [1.29, 1.82) is 0 Å². The fourth-order valence-electron chi connectivity index (χ4n) is 0.882. The van der Waals surface area contributed by atoms with E-state index in [9.17, 15) is 9.59 Å². The molecule has 0 rings (SSSR count). The van der Waals surface area contributed by atoms with Crippen LogP contribution in [0.1, 0.15) is 39.5 Å². The Balaban J connectivity index is 3.13. The minimum Gasteiger partial charge on any atom is -0.466 e. The van der Waals surface area contributed by atoms with Gasteiger partial charge in [0.1, 0.15) is 0 Å². The molecule has 0 aliphatic heterocycles. The monoisotopic (exact) mass is 202 g/mol. The minimum absolute atomic E-state index is 0.153. The largest absolute Gasteiger partial charge is 0.466 e. The Bertz CT molecular complexity index is 177. The highest BCUT2D eigenvalue weighted by Gasteiger charge is 1.99. The Kier molecular flexibility index (Phi) is 7.89. The maximum absolute atomic E-state index is 10.9. The highest BCUT2D eigenvalue weighted by Crippen LogP contribution is 1.95. The third-order valence-corrected chi connectivity index (χ3v) is 1.56. The third kappa shape index (κ3) is 9.03. The molecule has 0 N–H and O–H groups in total. The quantitative estimate of drug-likeness (QED) is 0.465. The fraction of sp³-hybridized carbons (Fsp3) is 0.800. The van der Waals surface area contributed by atoms with Gasteiger partial charge in [-0.25, -0.2) is 0 Å². The van der Waals surface area contributed by atoms with E-state index in [-0.39, 0.29) is 11.9 Å². The lowest BCUT2D eigenvalue weighted by atomic mass is 10.3. The molecule has 0 spiro atoms. The first kappa shape index (κ1) is 12.9. The number of ether oxygens (including phenoxy) is 2. The van der Waals surface area contributed by atoms with Gasteiger partial charge in [-0.1, -0.05) is 6.92 Å². The second kappa shape index (κ2) is 8.53. The first-order valence-electron chi connectivity index (χ1n) is 4.95. The zero-order chi connectivity index (χ0) is 10.8. The van der Waals surface area contributed by atoms with E-state index in [1.54, 1.807) is 0 Å². The SMILES string of the molecule is CCCC(=O)OCCCCOC(C)=O. The van der Waals surface area contributed by atoms with Crippen LogP contribution in [-0.4, -0.2) is 25.2 Å². The number of hydrogen-bond acceptors (Lipinski definition) is 4. The van der Waals surface area contributed by atoms with E-state index in [0.717, 1.165) is 19.3 Å². The second-order valence-corrected chi connectivity index (χ2v) is 3.02. The summed E-state index contributed by atoms with van der Waals surface area (Å²) < 4.78 is 9.63. The van der Waals surface area contributed by atoms with Gasteiger partial charge in [-0.05, 0) is 19.3 Å². The van der Waals surface area contributed by atoms with Crippen LogP contribution in [0, 0.1) is 0 Å². The van der Waals surface area contributed by atoms with E-state index in [4.69, 9.17) is 9.47 Å². The number of hydrogen-bond donors (Lipinski definition) is 0. The van der Waals surface area contributed by atoms with Crippen molar-refractivity contribution in [2.45, 2.75) is 39.5 Å². The van der Waals surface area contributed by atoms with Crippen molar-refractivity contribution in [2.75, 3.05) is 13.2 Å². The van der Waals surface area contributed by atoms with Crippen LogP contribution in [0.25, 0.3) is 0 Å². The maximum Gasteiger partial charge on any atom is 0.305 e. The van der Waals surface area contributed by atoms with Crippen molar-refractivity contribution >= 4 is 11.9 Å². The number of carbonyl (C=O) groups is 2. The summed E-state index contributed by atoms with van der Waals surface area (Å²) in [6.45, 7) is 4.13. The van der Waals surface area contributed by atoms with Gasteiger partial charge in [-0.15, -0.1) is 0 Å². The standard InChI is InChI=1S/C10H18O4/c1-3-6-10(12)14-8-5-4-7-13-9(2)11/h3-8H2,1-2H3. The van der Waals surface area contributed by atoms with E-state index in [1.165, 1.54) is 6.92 Å². The van der Waals surface area contributed by atoms with Crippen LogP contribution in [0.15, 0.2) is 0 Å². The van der Waals surface area contributed by atoms with Gasteiger partial charge in [0.2, 0.25) is 0 Å². The van der Waals surface area contributed by atoms with Gasteiger partial charge in [0.25, 0.3) is 0 Å². The molecule has 0 aromatic carbocycles. The van der Waals surface area contributed by atoms with Crippen LogP contribution < -0.4 is 0 Å². The summed E-state index contributed by atoms with van der Waals surface area (Å²) in [7, 11) is 0. The molecule has 0 atom stereocenters. The van der Waals surface area contributed by atoms with Crippen molar-refractivity contribution in [3.63, 3.8) is 0 Å². The molecule has 0 aliphatic carbocycles. The van der Waals surface area contributed by atoms with Gasteiger partial charge in [0, 0.05) is 13.3 Å². The molecule has 0 fully saturated rings. The summed E-state index contributed by atoms with van der Waals surface area (Å²) in [5.41, 5.74) is 0. The molecular formula is C10H18O4. The van der Waals surface area contributed by atoms with Gasteiger partial charge in [0.05, 0.1) is 13.2 Å². The van der Waals surface area contributed by atoms with Crippen LogP contribution in [0.4, 0.5) is 0 Å². The van der Waals surface area contributed by atoms with Crippen LogP contribution in [0.2, 0.25) is 0 Å². The van der Waals surface area contributed by atoms with Crippen LogP contribution in [-0.2, 0) is 19.1 Å². The Labute approximate surface area is 84.6 Å². The molecule has 0 bridgehead atoms. The molecule has 0 heterocycles. The van der Waals surface area contributed by atoms with Gasteiger partial charge >= 0.3 is 11.9 Å². The van der Waals surface area contributed by atoms with Crippen molar-refractivity contribution in [3.8, 4) is 0 Å². The lowest BCUT2D eigenvalue weighted by molar-refractivity contribution is -0.145. The van der Waals surface area contributed by atoms with Gasteiger partial charge in [0.15, 0.2) is 0 Å². The molecule has 82 valence electrons. The molecule has 4 heteroatoms. The highest BCUT2D eigenvalue weighted by atomic mass is 16.5. The molecule has 0 amide bonds. The number of esters is 2. The smallest absolute Gasteiger partial charge is 0.305 e. The molecule has 0 aromatic heterocycles. The topological polar surface area (TPSA) is 52.6 Å². The first-order chi connectivity index (χ1) is 6.66. The molecule has 0 aromatic rings. The van der Waals surface area contributed by atoms with E-state index < -0.39 is 0 Å². The number of unbranched alkanes of at least 4 members (excludes halogenated alkanes) is 1. The van der Waals surface area contributed by atoms with Crippen molar-refractivity contribution in [2.24, 2.45) is 0 Å². The average molecular weight is 202 g/mol. The number of carbonyl (C=O) groups excluding carboxylic acids is 2.